The second-order valence-electron chi connectivity index (χ2n) is 4.45. The zero-order valence-corrected chi connectivity index (χ0v) is 8.66. The molecule has 2 aliphatic rings. The summed E-state index contributed by atoms with van der Waals surface area (Å²) >= 11 is 0. The van der Waals surface area contributed by atoms with Gasteiger partial charge in [-0.05, 0) is 26.7 Å². The van der Waals surface area contributed by atoms with Crippen molar-refractivity contribution < 1.29 is 9.47 Å². The van der Waals surface area contributed by atoms with Gasteiger partial charge in [-0.3, -0.25) is 0 Å². The van der Waals surface area contributed by atoms with Gasteiger partial charge < -0.3 is 9.47 Å². The standard InChI is InChI=1S/C11H20O2/c1-8-9(2)13-11(12-8)10-6-4-3-5-7-10/h8-11H,3-7H2,1-2H3/t8-,9-/m1/s1. The highest BCUT2D eigenvalue weighted by molar-refractivity contribution is 4.76. The summed E-state index contributed by atoms with van der Waals surface area (Å²) < 4.78 is 11.6. The van der Waals surface area contributed by atoms with Gasteiger partial charge in [-0.1, -0.05) is 19.3 Å². The van der Waals surface area contributed by atoms with Crippen molar-refractivity contribution in [2.75, 3.05) is 0 Å². The molecule has 2 nitrogen and oxygen atoms in total. The lowest BCUT2D eigenvalue weighted by Gasteiger charge is -2.26. The summed E-state index contributed by atoms with van der Waals surface area (Å²) in [6.45, 7) is 4.21. The van der Waals surface area contributed by atoms with E-state index in [9.17, 15) is 0 Å². The molecule has 0 aromatic heterocycles. The molecule has 0 amide bonds. The smallest absolute Gasteiger partial charge is 0.161 e. The van der Waals surface area contributed by atoms with E-state index in [0.717, 1.165) is 0 Å². The Labute approximate surface area is 80.6 Å². The maximum absolute atomic E-state index is 5.79. The summed E-state index contributed by atoms with van der Waals surface area (Å²) in [5.41, 5.74) is 0. The summed E-state index contributed by atoms with van der Waals surface area (Å²) in [4.78, 5) is 0. The Kier molecular flexibility index (Phi) is 2.89. The third-order valence-corrected chi connectivity index (χ3v) is 3.39. The molecular weight excluding hydrogens is 164 g/mol. The van der Waals surface area contributed by atoms with Crippen molar-refractivity contribution in [2.45, 2.75) is 64.4 Å². The van der Waals surface area contributed by atoms with Gasteiger partial charge in [-0.25, -0.2) is 0 Å². The lowest BCUT2D eigenvalue weighted by atomic mass is 9.89. The molecule has 0 aromatic rings. The fourth-order valence-corrected chi connectivity index (χ4v) is 2.31. The molecule has 0 aromatic carbocycles. The molecule has 0 N–H and O–H groups in total. The first-order chi connectivity index (χ1) is 6.27. The van der Waals surface area contributed by atoms with Crippen LogP contribution in [0.5, 0.6) is 0 Å². The van der Waals surface area contributed by atoms with Crippen molar-refractivity contribution >= 4 is 0 Å². The van der Waals surface area contributed by atoms with E-state index in [1.54, 1.807) is 0 Å². The predicted octanol–water partition coefficient (Wildman–Crippen LogP) is 2.72. The highest BCUT2D eigenvalue weighted by Gasteiger charge is 2.35. The predicted molar refractivity (Wildman–Crippen MR) is 51.5 cm³/mol. The average molecular weight is 184 g/mol. The maximum Gasteiger partial charge on any atom is 0.161 e. The third kappa shape index (κ3) is 2.05. The molecule has 0 unspecified atom stereocenters. The Balaban J connectivity index is 1.87. The number of hydrogen-bond donors (Lipinski definition) is 0. The van der Waals surface area contributed by atoms with Crippen LogP contribution in [-0.4, -0.2) is 18.5 Å². The van der Waals surface area contributed by atoms with Crippen LogP contribution in [-0.2, 0) is 9.47 Å². The van der Waals surface area contributed by atoms with Crippen molar-refractivity contribution in [1.29, 1.82) is 0 Å². The van der Waals surface area contributed by atoms with Gasteiger partial charge in [0.25, 0.3) is 0 Å². The van der Waals surface area contributed by atoms with Gasteiger partial charge in [0.05, 0.1) is 12.2 Å². The van der Waals surface area contributed by atoms with Crippen LogP contribution in [0.25, 0.3) is 0 Å². The Bertz CT molecular complexity index is 153. The SMILES string of the molecule is C[C@H]1OC(C2CCCCC2)O[C@@H]1C. The van der Waals surface area contributed by atoms with Crippen molar-refractivity contribution in [3.05, 3.63) is 0 Å². The van der Waals surface area contributed by atoms with E-state index in [2.05, 4.69) is 13.8 Å². The van der Waals surface area contributed by atoms with Gasteiger partial charge in [-0.15, -0.1) is 0 Å². The third-order valence-electron chi connectivity index (χ3n) is 3.39. The Morgan fingerprint density at radius 2 is 1.38 bits per heavy atom. The van der Waals surface area contributed by atoms with E-state index in [-0.39, 0.29) is 18.5 Å². The number of hydrogen-bond acceptors (Lipinski definition) is 2. The minimum absolute atomic E-state index is 0.102. The normalized spacial score (nSPS) is 38.3. The van der Waals surface area contributed by atoms with Crippen LogP contribution in [0.15, 0.2) is 0 Å². The Morgan fingerprint density at radius 1 is 0.846 bits per heavy atom. The largest absolute Gasteiger partial charge is 0.347 e. The highest BCUT2D eigenvalue weighted by atomic mass is 16.7. The van der Waals surface area contributed by atoms with Crippen LogP contribution in [0.1, 0.15) is 46.0 Å². The zero-order chi connectivity index (χ0) is 9.26. The molecular formula is C11H20O2. The lowest BCUT2D eigenvalue weighted by Crippen LogP contribution is -2.24. The molecule has 1 saturated heterocycles. The molecule has 1 saturated carbocycles. The molecule has 2 atom stereocenters. The molecule has 76 valence electrons. The lowest BCUT2D eigenvalue weighted by molar-refractivity contribution is -0.109. The summed E-state index contributed by atoms with van der Waals surface area (Å²) in [5.74, 6) is 0.668. The van der Waals surface area contributed by atoms with E-state index in [4.69, 9.17) is 9.47 Å². The maximum atomic E-state index is 5.79. The van der Waals surface area contributed by atoms with E-state index >= 15 is 0 Å². The summed E-state index contributed by atoms with van der Waals surface area (Å²) in [6.07, 6.45) is 7.37. The summed E-state index contributed by atoms with van der Waals surface area (Å²) in [6, 6.07) is 0. The van der Waals surface area contributed by atoms with Gasteiger partial charge in [-0.2, -0.15) is 0 Å². The van der Waals surface area contributed by atoms with Gasteiger partial charge >= 0.3 is 0 Å². The molecule has 2 fully saturated rings. The first-order valence-electron chi connectivity index (χ1n) is 5.58. The molecule has 1 aliphatic heterocycles. The van der Waals surface area contributed by atoms with Crippen molar-refractivity contribution in [2.24, 2.45) is 5.92 Å². The van der Waals surface area contributed by atoms with Crippen LogP contribution in [0, 0.1) is 5.92 Å². The van der Waals surface area contributed by atoms with Crippen LogP contribution in [0.3, 0.4) is 0 Å². The zero-order valence-electron chi connectivity index (χ0n) is 8.66. The van der Waals surface area contributed by atoms with Crippen molar-refractivity contribution in [3.63, 3.8) is 0 Å². The summed E-state index contributed by atoms with van der Waals surface area (Å²) in [7, 11) is 0. The molecule has 1 aliphatic carbocycles. The van der Waals surface area contributed by atoms with Crippen LogP contribution < -0.4 is 0 Å². The molecule has 13 heavy (non-hydrogen) atoms. The van der Waals surface area contributed by atoms with E-state index in [1.165, 1.54) is 32.1 Å². The molecule has 2 heteroatoms. The first kappa shape index (κ1) is 9.47. The minimum atomic E-state index is 0.102. The summed E-state index contributed by atoms with van der Waals surface area (Å²) in [5, 5.41) is 0. The fourth-order valence-electron chi connectivity index (χ4n) is 2.31. The molecule has 0 spiro atoms. The fraction of sp³-hybridized carbons (Fsp3) is 1.00. The number of rotatable bonds is 1. The van der Waals surface area contributed by atoms with E-state index in [0.29, 0.717) is 5.92 Å². The van der Waals surface area contributed by atoms with Gasteiger partial charge in [0.15, 0.2) is 6.29 Å². The van der Waals surface area contributed by atoms with Gasteiger partial charge in [0.2, 0.25) is 0 Å². The second kappa shape index (κ2) is 3.97. The van der Waals surface area contributed by atoms with Crippen molar-refractivity contribution in [1.82, 2.24) is 0 Å². The minimum Gasteiger partial charge on any atom is -0.347 e. The number of ether oxygens (including phenoxy) is 2. The van der Waals surface area contributed by atoms with Gasteiger partial charge in [0, 0.05) is 5.92 Å². The van der Waals surface area contributed by atoms with Crippen LogP contribution in [0.4, 0.5) is 0 Å². The first-order valence-corrected chi connectivity index (χ1v) is 5.58. The van der Waals surface area contributed by atoms with E-state index < -0.39 is 0 Å². The average Bonchev–Trinajstić information content (AvgIpc) is 2.49. The molecule has 0 bridgehead atoms. The topological polar surface area (TPSA) is 18.5 Å². The van der Waals surface area contributed by atoms with Gasteiger partial charge in [0.1, 0.15) is 0 Å². The Morgan fingerprint density at radius 3 is 1.92 bits per heavy atom. The quantitative estimate of drug-likeness (QED) is 0.624. The molecule has 1 heterocycles. The highest BCUT2D eigenvalue weighted by Crippen LogP contribution is 2.33. The second-order valence-corrected chi connectivity index (χ2v) is 4.45. The monoisotopic (exact) mass is 184 g/mol. The Hall–Kier alpha value is -0.0800. The molecule has 2 rings (SSSR count). The van der Waals surface area contributed by atoms with Crippen LogP contribution >= 0.6 is 0 Å². The van der Waals surface area contributed by atoms with Crippen LogP contribution in [0.2, 0.25) is 0 Å². The molecule has 0 radical (unpaired) electrons. The van der Waals surface area contributed by atoms with Crippen molar-refractivity contribution in [3.8, 4) is 0 Å². The van der Waals surface area contributed by atoms with E-state index in [1.807, 2.05) is 0 Å².